The van der Waals surface area contributed by atoms with Crippen molar-refractivity contribution in [2.75, 3.05) is 39.5 Å². The molecule has 0 spiro atoms. The minimum atomic E-state index is -0.498. The molecule has 3 rings (SSSR count). The van der Waals surface area contributed by atoms with Crippen molar-refractivity contribution >= 4 is 17.5 Å². The van der Waals surface area contributed by atoms with Crippen LogP contribution in [0.1, 0.15) is 11.6 Å². The van der Waals surface area contributed by atoms with Gasteiger partial charge in [-0.05, 0) is 11.6 Å². The zero-order valence-corrected chi connectivity index (χ0v) is 12.5. The van der Waals surface area contributed by atoms with Crippen molar-refractivity contribution in [3.05, 3.63) is 34.9 Å². The Kier molecular flexibility index (Phi) is 4.75. The molecule has 0 aliphatic carbocycles. The van der Waals surface area contributed by atoms with Gasteiger partial charge < -0.3 is 19.7 Å². The van der Waals surface area contributed by atoms with E-state index in [0.717, 1.165) is 12.1 Å². The first-order chi connectivity index (χ1) is 10.3. The summed E-state index contributed by atoms with van der Waals surface area (Å²) >= 11 is 6.29. The Hall–Kier alpha value is -1.14. The van der Waals surface area contributed by atoms with Crippen LogP contribution in [0.25, 0.3) is 0 Å². The van der Waals surface area contributed by atoms with Crippen LogP contribution < -0.4 is 5.32 Å². The quantitative estimate of drug-likeness (QED) is 0.892. The number of hydrogen-bond donors (Lipinski definition) is 1. The van der Waals surface area contributed by atoms with Gasteiger partial charge in [0.2, 0.25) is 0 Å². The Morgan fingerprint density at radius 2 is 2.19 bits per heavy atom. The van der Waals surface area contributed by atoms with Crippen LogP contribution in [-0.2, 0) is 14.3 Å². The maximum absolute atomic E-state index is 12.7. The largest absolute Gasteiger partial charge is 0.376 e. The van der Waals surface area contributed by atoms with Gasteiger partial charge in [0.25, 0.3) is 5.91 Å². The van der Waals surface area contributed by atoms with Gasteiger partial charge in [-0.25, -0.2) is 0 Å². The molecular formula is C15H19ClN2O3. The maximum Gasteiger partial charge on any atom is 0.254 e. The van der Waals surface area contributed by atoms with E-state index in [0.29, 0.717) is 37.9 Å². The number of halogens is 1. The molecule has 0 aromatic heterocycles. The molecule has 114 valence electrons. The third-order valence-corrected chi connectivity index (χ3v) is 4.23. The summed E-state index contributed by atoms with van der Waals surface area (Å²) in [5.41, 5.74) is 0.969. The first-order valence-corrected chi connectivity index (χ1v) is 7.60. The van der Waals surface area contributed by atoms with Crippen molar-refractivity contribution in [1.82, 2.24) is 10.2 Å². The highest BCUT2D eigenvalue weighted by molar-refractivity contribution is 6.31. The summed E-state index contributed by atoms with van der Waals surface area (Å²) < 4.78 is 10.9. The van der Waals surface area contributed by atoms with E-state index in [1.54, 1.807) is 0 Å². The third kappa shape index (κ3) is 3.21. The third-order valence-electron chi connectivity index (χ3n) is 3.88. The van der Waals surface area contributed by atoms with Crippen LogP contribution in [0.3, 0.4) is 0 Å². The molecular weight excluding hydrogens is 292 g/mol. The molecule has 1 aromatic rings. The van der Waals surface area contributed by atoms with Crippen LogP contribution in [0.15, 0.2) is 24.3 Å². The number of ether oxygens (including phenoxy) is 2. The molecule has 5 nitrogen and oxygen atoms in total. The minimum absolute atomic E-state index is 0.0129. The van der Waals surface area contributed by atoms with Crippen LogP contribution in [-0.4, -0.2) is 56.4 Å². The molecule has 1 aromatic carbocycles. The second-order valence-electron chi connectivity index (χ2n) is 5.21. The number of piperazine rings is 1. The molecule has 0 saturated carbocycles. The normalized spacial score (nSPS) is 26.6. The number of nitrogens with one attached hydrogen (secondary N) is 1. The molecule has 21 heavy (non-hydrogen) atoms. The number of nitrogens with zero attached hydrogens (tertiary/aromatic N) is 1. The Bertz CT molecular complexity index is 505. The smallest absolute Gasteiger partial charge is 0.254 e. The maximum atomic E-state index is 12.7. The van der Waals surface area contributed by atoms with Crippen molar-refractivity contribution in [2.24, 2.45) is 0 Å². The molecule has 2 aliphatic rings. The summed E-state index contributed by atoms with van der Waals surface area (Å²) in [5, 5.41) is 4.01. The van der Waals surface area contributed by atoms with Crippen LogP contribution in [0.2, 0.25) is 5.02 Å². The number of carbonyl (C=O) groups excluding carboxylic acids is 1. The van der Waals surface area contributed by atoms with E-state index in [9.17, 15) is 4.79 Å². The highest BCUT2D eigenvalue weighted by Gasteiger charge is 2.34. The molecule has 2 heterocycles. The van der Waals surface area contributed by atoms with Gasteiger partial charge in [-0.1, -0.05) is 29.8 Å². The highest BCUT2D eigenvalue weighted by Crippen LogP contribution is 2.29. The van der Waals surface area contributed by atoms with Gasteiger partial charge in [-0.2, -0.15) is 0 Å². The Morgan fingerprint density at radius 1 is 1.33 bits per heavy atom. The number of benzene rings is 1. The molecule has 0 bridgehead atoms. The van der Waals surface area contributed by atoms with Crippen molar-refractivity contribution in [1.29, 1.82) is 0 Å². The number of amides is 1. The Morgan fingerprint density at radius 3 is 2.95 bits per heavy atom. The zero-order valence-electron chi connectivity index (χ0n) is 11.8. The molecule has 0 radical (unpaired) electrons. The van der Waals surface area contributed by atoms with Gasteiger partial charge in [0.15, 0.2) is 6.10 Å². The molecule has 2 aliphatic heterocycles. The van der Waals surface area contributed by atoms with E-state index in [2.05, 4.69) is 5.32 Å². The molecule has 2 atom stereocenters. The van der Waals surface area contributed by atoms with Crippen molar-refractivity contribution in [3.8, 4) is 0 Å². The Labute approximate surface area is 129 Å². The van der Waals surface area contributed by atoms with Crippen molar-refractivity contribution in [2.45, 2.75) is 12.1 Å². The van der Waals surface area contributed by atoms with Gasteiger partial charge in [0, 0.05) is 24.7 Å². The number of carbonyl (C=O) groups is 1. The topological polar surface area (TPSA) is 50.8 Å². The first kappa shape index (κ1) is 14.8. The van der Waals surface area contributed by atoms with Gasteiger partial charge in [0.05, 0.1) is 25.9 Å². The van der Waals surface area contributed by atoms with Gasteiger partial charge in [0.1, 0.15) is 0 Å². The summed E-state index contributed by atoms with van der Waals surface area (Å²) in [4.78, 5) is 14.6. The molecule has 2 saturated heterocycles. The summed E-state index contributed by atoms with van der Waals surface area (Å²) in [6, 6.07) is 7.60. The van der Waals surface area contributed by atoms with E-state index >= 15 is 0 Å². The van der Waals surface area contributed by atoms with Crippen LogP contribution in [0, 0.1) is 0 Å². The fraction of sp³-hybridized carbons (Fsp3) is 0.533. The lowest BCUT2D eigenvalue weighted by atomic mass is 10.0. The number of hydrogen-bond acceptors (Lipinski definition) is 4. The van der Waals surface area contributed by atoms with Crippen molar-refractivity contribution in [3.63, 3.8) is 0 Å². The van der Waals surface area contributed by atoms with E-state index in [1.165, 1.54) is 0 Å². The van der Waals surface area contributed by atoms with E-state index in [1.807, 2.05) is 29.2 Å². The average Bonchev–Trinajstić information content (AvgIpc) is 2.55. The van der Waals surface area contributed by atoms with Gasteiger partial charge in [-0.15, -0.1) is 0 Å². The van der Waals surface area contributed by atoms with E-state index in [4.69, 9.17) is 21.1 Å². The lowest BCUT2D eigenvalue weighted by molar-refractivity contribution is -0.161. The lowest BCUT2D eigenvalue weighted by Gasteiger charge is -2.39. The molecule has 2 fully saturated rings. The summed E-state index contributed by atoms with van der Waals surface area (Å²) in [5.74, 6) is -0.0129. The molecule has 1 N–H and O–H groups in total. The second kappa shape index (κ2) is 6.75. The van der Waals surface area contributed by atoms with Crippen LogP contribution in [0.5, 0.6) is 0 Å². The van der Waals surface area contributed by atoms with Gasteiger partial charge in [-0.3, -0.25) is 4.79 Å². The predicted molar refractivity (Wildman–Crippen MR) is 79.3 cm³/mol. The predicted octanol–water partition coefficient (Wildman–Crippen LogP) is 1.23. The zero-order chi connectivity index (χ0) is 14.7. The SMILES string of the molecule is O=C(C1COCCO1)N1CCNCC1c1ccccc1Cl. The molecule has 6 heteroatoms. The lowest BCUT2D eigenvalue weighted by Crippen LogP contribution is -2.53. The molecule has 1 amide bonds. The monoisotopic (exact) mass is 310 g/mol. The second-order valence-corrected chi connectivity index (χ2v) is 5.61. The summed E-state index contributed by atoms with van der Waals surface area (Å²) in [6.45, 7) is 3.48. The number of rotatable bonds is 2. The Balaban J connectivity index is 1.81. The highest BCUT2D eigenvalue weighted by atomic mass is 35.5. The summed E-state index contributed by atoms with van der Waals surface area (Å²) in [7, 11) is 0. The average molecular weight is 311 g/mol. The van der Waals surface area contributed by atoms with E-state index < -0.39 is 6.10 Å². The first-order valence-electron chi connectivity index (χ1n) is 7.22. The van der Waals surface area contributed by atoms with Crippen LogP contribution in [0.4, 0.5) is 0 Å². The fourth-order valence-corrected chi connectivity index (χ4v) is 3.07. The molecule has 2 unspecified atom stereocenters. The van der Waals surface area contributed by atoms with Crippen molar-refractivity contribution < 1.29 is 14.3 Å². The standard InChI is InChI=1S/C15H19ClN2O3/c16-12-4-2-1-3-11(12)13-9-17-5-6-18(13)15(19)14-10-20-7-8-21-14/h1-4,13-14,17H,5-10H2. The van der Waals surface area contributed by atoms with Crippen LogP contribution >= 0.6 is 11.6 Å². The van der Waals surface area contributed by atoms with Gasteiger partial charge >= 0.3 is 0 Å². The minimum Gasteiger partial charge on any atom is -0.376 e. The van der Waals surface area contributed by atoms with E-state index in [-0.39, 0.29) is 11.9 Å². The summed E-state index contributed by atoms with van der Waals surface area (Å²) in [6.07, 6.45) is -0.498. The fourth-order valence-electron chi connectivity index (χ4n) is 2.81.